The van der Waals surface area contributed by atoms with E-state index in [0.717, 1.165) is 31.2 Å². The van der Waals surface area contributed by atoms with Crippen LogP contribution in [0.5, 0.6) is 5.75 Å². The Hall–Kier alpha value is -1.92. The van der Waals surface area contributed by atoms with Gasteiger partial charge in [-0.05, 0) is 18.6 Å². The molecule has 18 heavy (non-hydrogen) atoms. The molecule has 2 rings (SSSR count). The molecule has 0 atom stereocenters. The molecule has 0 fully saturated rings. The Morgan fingerprint density at radius 2 is 2.33 bits per heavy atom. The molecule has 1 aromatic heterocycles. The molecular formula is C11H14F2N4O. The molecule has 0 saturated heterocycles. The number of aromatic nitrogens is 1. The molecule has 2 heterocycles. The number of pyridine rings is 1. The van der Waals surface area contributed by atoms with Crippen molar-refractivity contribution >= 4 is 5.96 Å². The van der Waals surface area contributed by atoms with Crippen LogP contribution in [0.15, 0.2) is 23.3 Å². The maximum Gasteiger partial charge on any atom is 0.387 e. The fourth-order valence-corrected chi connectivity index (χ4v) is 1.51. The van der Waals surface area contributed by atoms with Gasteiger partial charge in [0, 0.05) is 13.1 Å². The van der Waals surface area contributed by atoms with Crippen molar-refractivity contribution in [2.75, 3.05) is 13.1 Å². The van der Waals surface area contributed by atoms with Gasteiger partial charge in [-0.25, -0.2) is 0 Å². The molecule has 2 N–H and O–H groups in total. The Morgan fingerprint density at radius 1 is 1.44 bits per heavy atom. The maximum atomic E-state index is 11.9. The average Bonchev–Trinajstić information content (AvgIpc) is 2.38. The number of rotatable bonds is 4. The quantitative estimate of drug-likeness (QED) is 0.847. The first kappa shape index (κ1) is 12.5. The number of hydrogen-bond acceptors (Lipinski definition) is 5. The summed E-state index contributed by atoms with van der Waals surface area (Å²) in [6.45, 7) is -0.623. The molecule has 0 aromatic carbocycles. The van der Waals surface area contributed by atoms with E-state index in [1.165, 1.54) is 12.3 Å². The highest BCUT2D eigenvalue weighted by Gasteiger charge is 2.06. The molecule has 98 valence electrons. The van der Waals surface area contributed by atoms with Crippen molar-refractivity contribution in [3.8, 4) is 5.75 Å². The second-order valence-corrected chi connectivity index (χ2v) is 3.73. The van der Waals surface area contributed by atoms with Crippen LogP contribution in [0.2, 0.25) is 0 Å². The van der Waals surface area contributed by atoms with E-state index in [1.54, 1.807) is 6.07 Å². The molecular weight excluding hydrogens is 242 g/mol. The molecule has 0 unspecified atom stereocenters. The van der Waals surface area contributed by atoms with E-state index in [2.05, 4.69) is 25.3 Å². The SMILES string of the molecule is FC(F)Oc1ccc(CNC2=NCCCN2)nc1. The van der Waals surface area contributed by atoms with E-state index in [9.17, 15) is 8.78 Å². The van der Waals surface area contributed by atoms with Crippen molar-refractivity contribution in [2.45, 2.75) is 19.6 Å². The molecule has 1 aromatic rings. The van der Waals surface area contributed by atoms with Gasteiger partial charge in [0.15, 0.2) is 5.96 Å². The summed E-state index contributed by atoms with van der Waals surface area (Å²) in [5.41, 5.74) is 0.728. The first-order chi connectivity index (χ1) is 8.74. The fraction of sp³-hybridized carbons (Fsp3) is 0.455. The number of nitrogens with zero attached hydrogens (tertiary/aromatic N) is 2. The van der Waals surface area contributed by atoms with E-state index in [4.69, 9.17) is 0 Å². The van der Waals surface area contributed by atoms with Crippen LogP contribution in [-0.4, -0.2) is 30.6 Å². The third-order valence-electron chi connectivity index (χ3n) is 2.36. The minimum Gasteiger partial charge on any atom is -0.433 e. The first-order valence-corrected chi connectivity index (χ1v) is 5.66. The van der Waals surface area contributed by atoms with Crippen LogP contribution < -0.4 is 15.4 Å². The molecule has 1 aliphatic heterocycles. The topological polar surface area (TPSA) is 58.5 Å². The van der Waals surface area contributed by atoms with Gasteiger partial charge in [-0.15, -0.1) is 0 Å². The van der Waals surface area contributed by atoms with Gasteiger partial charge in [0.05, 0.1) is 18.4 Å². The summed E-state index contributed by atoms with van der Waals surface area (Å²) in [5, 5.41) is 6.20. The number of nitrogens with one attached hydrogen (secondary N) is 2. The summed E-state index contributed by atoms with van der Waals surface area (Å²) in [5.74, 6) is 0.804. The van der Waals surface area contributed by atoms with Crippen molar-refractivity contribution in [1.29, 1.82) is 0 Å². The van der Waals surface area contributed by atoms with Crippen LogP contribution in [0.25, 0.3) is 0 Å². The van der Waals surface area contributed by atoms with Crippen LogP contribution in [0.4, 0.5) is 8.78 Å². The molecule has 5 nitrogen and oxygen atoms in total. The Bertz CT molecular complexity index is 408. The molecule has 0 spiro atoms. The highest BCUT2D eigenvalue weighted by Crippen LogP contribution is 2.12. The Morgan fingerprint density at radius 3 is 2.94 bits per heavy atom. The van der Waals surface area contributed by atoms with Crippen LogP contribution in [0, 0.1) is 0 Å². The van der Waals surface area contributed by atoms with Crippen molar-refractivity contribution < 1.29 is 13.5 Å². The standard InChI is InChI=1S/C11H14F2N4O/c12-10(13)18-9-3-2-8(16-7-9)6-17-11-14-4-1-5-15-11/h2-3,7,10H,1,4-6H2,(H2,14,15,17). The Labute approximate surface area is 103 Å². The van der Waals surface area contributed by atoms with Crippen LogP contribution in [0.3, 0.4) is 0 Å². The van der Waals surface area contributed by atoms with Crippen LogP contribution >= 0.6 is 0 Å². The third kappa shape index (κ3) is 3.83. The van der Waals surface area contributed by atoms with E-state index < -0.39 is 6.61 Å². The van der Waals surface area contributed by atoms with Gasteiger partial charge in [0.2, 0.25) is 0 Å². The van der Waals surface area contributed by atoms with Gasteiger partial charge in [-0.1, -0.05) is 0 Å². The summed E-state index contributed by atoms with van der Waals surface area (Å²) in [7, 11) is 0. The summed E-state index contributed by atoms with van der Waals surface area (Å²) >= 11 is 0. The minimum absolute atomic E-state index is 0.0573. The number of ether oxygens (including phenoxy) is 1. The Kier molecular flexibility index (Phi) is 4.27. The molecule has 7 heteroatoms. The summed E-state index contributed by atoms with van der Waals surface area (Å²) < 4.78 is 28.1. The van der Waals surface area contributed by atoms with Gasteiger partial charge in [0.25, 0.3) is 0 Å². The zero-order valence-electron chi connectivity index (χ0n) is 9.70. The normalized spacial score (nSPS) is 14.9. The number of aliphatic imine (C=N–C) groups is 1. The number of halogens is 2. The highest BCUT2D eigenvalue weighted by molar-refractivity contribution is 5.80. The summed E-state index contributed by atoms with van der Waals surface area (Å²) in [4.78, 5) is 8.26. The van der Waals surface area contributed by atoms with Crippen molar-refractivity contribution in [3.63, 3.8) is 0 Å². The van der Waals surface area contributed by atoms with Gasteiger partial charge < -0.3 is 15.4 Å². The van der Waals surface area contributed by atoms with E-state index in [-0.39, 0.29) is 5.75 Å². The zero-order valence-corrected chi connectivity index (χ0v) is 9.70. The molecule has 0 radical (unpaired) electrons. The van der Waals surface area contributed by atoms with E-state index in [1.807, 2.05) is 0 Å². The predicted molar refractivity (Wildman–Crippen MR) is 62.6 cm³/mol. The monoisotopic (exact) mass is 256 g/mol. The number of hydrogen-bond donors (Lipinski definition) is 2. The number of alkyl halides is 2. The lowest BCUT2D eigenvalue weighted by molar-refractivity contribution is -0.0500. The van der Waals surface area contributed by atoms with Crippen molar-refractivity contribution in [2.24, 2.45) is 4.99 Å². The Balaban J connectivity index is 1.84. The third-order valence-corrected chi connectivity index (χ3v) is 2.36. The largest absolute Gasteiger partial charge is 0.433 e. The van der Waals surface area contributed by atoms with E-state index in [0.29, 0.717) is 6.54 Å². The van der Waals surface area contributed by atoms with Crippen molar-refractivity contribution in [1.82, 2.24) is 15.6 Å². The predicted octanol–water partition coefficient (Wildman–Crippen LogP) is 1.12. The lowest BCUT2D eigenvalue weighted by Gasteiger charge is -2.15. The molecule has 0 bridgehead atoms. The lowest BCUT2D eigenvalue weighted by atomic mass is 10.3. The average molecular weight is 256 g/mol. The van der Waals surface area contributed by atoms with Crippen LogP contribution in [0.1, 0.15) is 12.1 Å². The van der Waals surface area contributed by atoms with Crippen LogP contribution in [-0.2, 0) is 6.54 Å². The fourth-order valence-electron chi connectivity index (χ4n) is 1.51. The molecule has 0 amide bonds. The molecule has 0 aliphatic carbocycles. The lowest BCUT2D eigenvalue weighted by Crippen LogP contribution is -2.40. The van der Waals surface area contributed by atoms with Gasteiger partial charge in [-0.2, -0.15) is 8.78 Å². The van der Waals surface area contributed by atoms with Gasteiger partial charge in [0.1, 0.15) is 5.75 Å². The maximum absolute atomic E-state index is 11.9. The smallest absolute Gasteiger partial charge is 0.387 e. The van der Waals surface area contributed by atoms with E-state index >= 15 is 0 Å². The molecule has 1 aliphatic rings. The minimum atomic E-state index is -2.82. The summed E-state index contributed by atoms with van der Waals surface area (Å²) in [6.07, 6.45) is 2.31. The van der Waals surface area contributed by atoms with Crippen molar-refractivity contribution in [3.05, 3.63) is 24.0 Å². The number of guanidine groups is 1. The second-order valence-electron chi connectivity index (χ2n) is 3.73. The highest BCUT2D eigenvalue weighted by atomic mass is 19.3. The second kappa shape index (κ2) is 6.13. The summed E-state index contributed by atoms with van der Waals surface area (Å²) in [6, 6.07) is 3.10. The molecule has 0 saturated carbocycles. The van der Waals surface area contributed by atoms with Gasteiger partial charge in [-0.3, -0.25) is 9.98 Å². The zero-order chi connectivity index (χ0) is 12.8. The van der Waals surface area contributed by atoms with Gasteiger partial charge >= 0.3 is 6.61 Å². The first-order valence-electron chi connectivity index (χ1n) is 5.66.